The normalized spacial score (nSPS) is 17.9. The van der Waals surface area contributed by atoms with E-state index >= 15 is 0 Å². The Hall–Kier alpha value is -0.570. The van der Waals surface area contributed by atoms with Gasteiger partial charge in [-0.1, -0.05) is 45.4 Å². The van der Waals surface area contributed by atoms with Crippen molar-refractivity contribution >= 4 is 5.97 Å². The van der Waals surface area contributed by atoms with Gasteiger partial charge in [-0.15, -0.1) is 0 Å². The predicted octanol–water partition coefficient (Wildman–Crippen LogP) is 4.49. The molecule has 3 nitrogen and oxygen atoms in total. The predicted molar refractivity (Wildman–Crippen MR) is 81.7 cm³/mol. The average molecular weight is 284 g/mol. The van der Waals surface area contributed by atoms with Gasteiger partial charge in [0.25, 0.3) is 0 Å². The molecule has 0 saturated carbocycles. The Labute approximate surface area is 124 Å². The van der Waals surface area contributed by atoms with Gasteiger partial charge in [-0.2, -0.15) is 0 Å². The molecule has 1 rings (SSSR count). The summed E-state index contributed by atoms with van der Waals surface area (Å²) >= 11 is 0. The molecule has 1 heterocycles. The minimum atomic E-state index is -0.0162. The summed E-state index contributed by atoms with van der Waals surface area (Å²) in [5, 5.41) is 0. The number of esters is 1. The fraction of sp³-hybridized carbons (Fsp3) is 0.941. The van der Waals surface area contributed by atoms with Gasteiger partial charge in [-0.05, 0) is 26.2 Å². The third-order valence-electron chi connectivity index (χ3n) is 4.23. The van der Waals surface area contributed by atoms with E-state index in [0.717, 1.165) is 38.9 Å². The van der Waals surface area contributed by atoms with Crippen molar-refractivity contribution in [3.05, 3.63) is 0 Å². The lowest BCUT2D eigenvalue weighted by Crippen LogP contribution is -2.29. The molecule has 1 aliphatic rings. The van der Waals surface area contributed by atoms with E-state index in [1.165, 1.54) is 32.1 Å². The van der Waals surface area contributed by atoms with Gasteiger partial charge < -0.3 is 9.47 Å². The lowest BCUT2D eigenvalue weighted by Gasteiger charge is -2.27. The van der Waals surface area contributed by atoms with E-state index in [2.05, 4.69) is 6.92 Å². The van der Waals surface area contributed by atoms with Gasteiger partial charge in [-0.25, -0.2) is 0 Å². The molecule has 1 unspecified atom stereocenters. The van der Waals surface area contributed by atoms with Gasteiger partial charge in [0, 0.05) is 25.6 Å². The smallest absolute Gasteiger partial charge is 0.306 e. The first kappa shape index (κ1) is 17.5. The fourth-order valence-electron chi connectivity index (χ4n) is 2.77. The lowest BCUT2D eigenvalue weighted by molar-refractivity contribution is -0.152. The number of carbonyl (C=O) groups excluding carboxylic acids is 1. The highest BCUT2D eigenvalue weighted by atomic mass is 16.5. The maximum Gasteiger partial charge on any atom is 0.306 e. The van der Waals surface area contributed by atoms with Gasteiger partial charge >= 0.3 is 5.97 Å². The van der Waals surface area contributed by atoms with E-state index in [-0.39, 0.29) is 12.1 Å². The molecule has 118 valence electrons. The van der Waals surface area contributed by atoms with E-state index in [4.69, 9.17) is 9.47 Å². The SMILES string of the molecule is CCCCCCCCCC(=O)OC(C)C1CCOCC1. The van der Waals surface area contributed by atoms with Crippen LogP contribution in [0.3, 0.4) is 0 Å². The Morgan fingerprint density at radius 3 is 2.35 bits per heavy atom. The molecule has 0 aromatic carbocycles. The van der Waals surface area contributed by atoms with Crippen LogP contribution in [0.5, 0.6) is 0 Å². The second kappa shape index (κ2) is 11.1. The number of unbranched alkanes of at least 4 members (excludes halogenated alkanes) is 6. The molecule has 1 fully saturated rings. The molecule has 20 heavy (non-hydrogen) atoms. The van der Waals surface area contributed by atoms with Crippen LogP contribution >= 0.6 is 0 Å². The number of hydrogen-bond acceptors (Lipinski definition) is 3. The Kier molecular flexibility index (Phi) is 9.73. The zero-order chi connectivity index (χ0) is 14.6. The Morgan fingerprint density at radius 2 is 1.70 bits per heavy atom. The molecule has 0 aromatic heterocycles. The molecular weight excluding hydrogens is 252 g/mol. The second-order valence-corrected chi connectivity index (χ2v) is 6.02. The van der Waals surface area contributed by atoms with Gasteiger partial charge in [0.1, 0.15) is 6.10 Å². The van der Waals surface area contributed by atoms with E-state index < -0.39 is 0 Å². The zero-order valence-electron chi connectivity index (χ0n) is 13.4. The zero-order valence-corrected chi connectivity index (χ0v) is 13.4. The van der Waals surface area contributed by atoms with Gasteiger partial charge in [0.2, 0.25) is 0 Å². The number of hydrogen-bond donors (Lipinski definition) is 0. The van der Waals surface area contributed by atoms with Gasteiger partial charge in [-0.3, -0.25) is 4.79 Å². The van der Waals surface area contributed by atoms with Crippen molar-refractivity contribution in [2.24, 2.45) is 5.92 Å². The minimum absolute atomic E-state index is 0.0162. The Balaban J connectivity index is 1.99. The van der Waals surface area contributed by atoms with Crippen molar-refractivity contribution in [3.8, 4) is 0 Å². The van der Waals surface area contributed by atoms with Crippen molar-refractivity contribution in [2.45, 2.75) is 84.2 Å². The molecule has 0 amide bonds. The Bertz CT molecular complexity index is 247. The molecule has 1 saturated heterocycles. The second-order valence-electron chi connectivity index (χ2n) is 6.02. The summed E-state index contributed by atoms with van der Waals surface area (Å²) in [6, 6.07) is 0. The summed E-state index contributed by atoms with van der Waals surface area (Å²) in [5.41, 5.74) is 0. The topological polar surface area (TPSA) is 35.5 Å². The summed E-state index contributed by atoms with van der Waals surface area (Å²) in [7, 11) is 0. The standard InChI is InChI=1S/C17H32O3/c1-3-4-5-6-7-8-9-10-17(18)20-15(2)16-11-13-19-14-12-16/h15-16H,3-14H2,1-2H3. The highest BCUT2D eigenvalue weighted by Gasteiger charge is 2.23. The van der Waals surface area contributed by atoms with E-state index in [9.17, 15) is 4.79 Å². The molecule has 0 radical (unpaired) electrons. The van der Waals surface area contributed by atoms with Crippen LogP contribution in [0.2, 0.25) is 0 Å². The van der Waals surface area contributed by atoms with Crippen molar-refractivity contribution in [1.29, 1.82) is 0 Å². The van der Waals surface area contributed by atoms with E-state index in [1.807, 2.05) is 6.92 Å². The average Bonchev–Trinajstić information content (AvgIpc) is 2.47. The Morgan fingerprint density at radius 1 is 1.10 bits per heavy atom. The van der Waals surface area contributed by atoms with Crippen LogP contribution in [0.25, 0.3) is 0 Å². The molecular formula is C17H32O3. The first-order valence-corrected chi connectivity index (χ1v) is 8.51. The van der Waals surface area contributed by atoms with Crippen LogP contribution < -0.4 is 0 Å². The summed E-state index contributed by atoms with van der Waals surface area (Å²) < 4.78 is 10.9. The summed E-state index contributed by atoms with van der Waals surface area (Å²) in [4.78, 5) is 11.8. The third kappa shape index (κ3) is 7.88. The highest BCUT2D eigenvalue weighted by molar-refractivity contribution is 5.69. The number of rotatable bonds is 10. The molecule has 0 spiro atoms. The quantitative estimate of drug-likeness (QED) is 0.438. The van der Waals surface area contributed by atoms with Crippen LogP contribution in [0.15, 0.2) is 0 Å². The molecule has 1 aliphatic heterocycles. The molecule has 0 aromatic rings. The molecule has 0 N–H and O–H groups in total. The van der Waals surface area contributed by atoms with Crippen molar-refractivity contribution in [1.82, 2.24) is 0 Å². The van der Waals surface area contributed by atoms with Crippen LogP contribution in [-0.2, 0) is 14.3 Å². The third-order valence-corrected chi connectivity index (χ3v) is 4.23. The van der Waals surface area contributed by atoms with Crippen molar-refractivity contribution in [2.75, 3.05) is 13.2 Å². The van der Waals surface area contributed by atoms with Gasteiger partial charge in [0.05, 0.1) is 0 Å². The fourth-order valence-corrected chi connectivity index (χ4v) is 2.77. The first-order chi connectivity index (χ1) is 9.74. The number of ether oxygens (including phenoxy) is 2. The monoisotopic (exact) mass is 284 g/mol. The van der Waals surface area contributed by atoms with Crippen LogP contribution in [0, 0.1) is 5.92 Å². The van der Waals surface area contributed by atoms with Crippen LogP contribution in [-0.4, -0.2) is 25.3 Å². The molecule has 0 aliphatic carbocycles. The maximum absolute atomic E-state index is 11.8. The van der Waals surface area contributed by atoms with E-state index in [1.54, 1.807) is 0 Å². The molecule has 1 atom stereocenters. The highest BCUT2D eigenvalue weighted by Crippen LogP contribution is 2.21. The summed E-state index contributed by atoms with van der Waals surface area (Å²) in [6.45, 7) is 5.88. The van der Waals surface area contributed by atoms with Crippen molar-refractivity contribution < 1.29 is 14.3 Å². The molecule has 0 bridgehead atoms. The van der Waals surface area contributed by atoms with Crippen molar-refractivity contribution in [3.63, 3.8) is 0 Å². The molecule has 3 heteroatoms. The summed E-state index contributed by atoms with van der Waals surface area (Å²) in [6.07, 6.45) is 11.3. The van der Waals surface area contributed by atoms with E-state index in [0.29, 0.717) is 12.3 Å². The van der Waals surface area contributed by atoms with Gasteiger partial charge in [0.15, 0.2) is 0 Å². The lowest BCUT2D eigenvalue weighted by atomic mass is 9.95. The van der Waals surface area contributed by atoms with Crippen LogP contribution in [0.1, 0.15) is 78.1 Å². The maximum atomic E-state index is 11.8. The van der Waals surface area contributed by atoms with Crippen LogP contribution in [0.4, 0.5) is 0 Å². The number of carbonyl (C=O) groups is 1. The minimum Gasteiger partial charge on any atom is -0.462 e. The largest absolute Gasteiger partial charge is 0.462 e. The first-order valence-electron chi connectivity index (χ1n) is 8.51. The summed E-state index contributed by atoms with van der Waals surface area (Å²) in [5.74, 6) is 0.472.